The van der Waals surface area contributed by atoms with E-state index in [1.807, 2.05) is 34.9 Å². The predicted octanol–water partition coefficient (Wildman–Crippen LogP) is 2.55. The zero-order valence-electron chi connectivity index (χ0n) is 11.5. The van der Waals surface area contributed by atoms with Crippen molar-refractivity contribution in [2.45, 2.75) is 19.4 Å². The summed E-state index contributed by atoms with van der Waals surface area (Å²) in [6, 6.07) is 10.1. The highest BCUT2D eigenvalue weighted by Gasteiger charge is 2.23. The van der Waals surface area contributed by atoms with Crippen LogP contribution in [0, 0.1) is 4.77 Å². The normalized spacial score (nSPS) is 19.2. The highest BCUT2D eigenvalue weighted by atomic mass is 32.1. The molecule has 1 aliphatic heterocycles. The minimum atomic E-state index is 0.262. The molecule has 0 spiro atoms. The highest BCUT2D eigenvalue weighted by Crippen LogP contribution is 2.21. The minimum absolute atomic E-state index is 0.262. The Hall–Kier alpha value is -1.66. The highest BCUT2D eigenvalue weighted by molar-refractivity contribution is 7.71. The van der Waals surface area contributed by atoms with Crippen LogP contribution in [-0.4, -0.2) is 40.6 Å². The number of nitrogens with one attached hydrogen (secondary N) is 1. The number of rotatable bonds is 3. The smallest absolute Gasteiger partial charge is 0.230 e. The molecular formula is C14H18N4OS. The zero-order valence-corrected chi connectivity index (χ0v) is 12.3. The molecular weight excluding hydrogens is 272 g/mol. The average Bonchev–Trinajstić information content (AvgIpc) is 2.90. The van der Waals surface area contributed by atoms with Crippen molar-refractivity contribution in [1.82, 2.24) is 14.8 Å². The summed E-state index contributed by atoms with van der Waals surface area (Å²) in [5.41, 5.74) is 1.03. The maximum absolute atomic E-state index is 5.72. The standard InChI is InChI=1S/C14H18N4OS/c1-2-12-10-17(8-9-19-12)13-15-16-14(20)18(13)11-6-4-3-5-7-11/h3-7,12H,2,8-10H2,1H3,(H,16,20). The molecule has 3 rings (SSSR count). The van der Waals surface area contributed by atoms with E-state index in [1.165, 1.54) is 0 Å². The number of aromatic amines is 1. The molecule has 0 saturated carbocycles. The summed E-state index contributed by atoms with van der Waals surface area (Å²) in [5, 5.41) is 7.30. The molecule has 106 valence electrons. The van der Waals surface area contributed by atoms with E-state index in [1.54, 1.807) is 0 Å². The van der Waals surface area contributed by atoms with E-state index in [9.17, 15) is 0 Å². The molecule has 2 aromatic rings. The summed E-state index contributed by atoms with van der Waals surface area (Å²) in [6.45, 7) is 4.56. The molecule has 2 heterocycles. The second kappa shape index (κ2) is 5.76. The van der Waals surface area contributed by atoms with Crippen molar-refractivity contribution in [1.29, 1.82) is 0 Å². The van der Waals surface area contributed by atoms with Crippen molar-refractivity contribution in [2.75, 3.05) is 24.6 Å². The van der Waals surface area contributed by atoms with Gasteiger partial charge in [0.25, 0.3) is 0 Å². The van der Waals surface area contributed by atoms with Gasteiger partial charge in [0.2, 0.25) is 10.7 Å². The van der Waals surface area contributed by atoms with Crippen LogP contribution in [0.2, 0.25) is 0 Å². The van der Waals surface area contributed by atoms with Gasteiger partial charge in [-0.15, -0.1) is 5.10 Å². The third-order valence-electron chi connectivity index (χ3n) is 3.55. The maximum Gasteiger partial charge on any atom is 0.230 e. The number of nitrogens with zero attached hydrogens (tertiary/aromatic N) is 3. The van der Waals surface area contributed by atoms with Crippen molar-refractivity contribution in [3.63, 3.8) is 0 Å². The largest absolute Gasteiger partial charge is 0.375 e. The van der Waals surface area contributed by atoms with Crippen LogP contribution in [0.5, 0.6) is 0 Å². The Bertz CT molecular complexity index is 622. The summed E-state index contributed by atoms with van der Waals surface area (Å²) < 4.78 is 8.31. The van der Waals surface area contributed by atoms with Crippen molar-refractivity contribution in [3.8, 4) is 5.69 Å². The van der Waals surface area contributed by atoms with Crippen LogP contribution in [0.15, 0.2) is 30.3 Å². The third kappa shape index (κ3) is 2.48. The van der Waals surface area contributed by atoms with Gasteiger partial charge in [-0.05, 0) is 30.8 Å². The molecule has 1 aromatic heterocycles. The summed E-state index contributed by atoms with van der Waals surface area (Å²) in [5.74, 6) is 0.864. The lowest BCUT2D eigenvalue weighted by molar-refractivity contribution is 0.0378. The second-order valence-corrected chi connectivity index (χ2v) is 5.23. The van der Waals surface area contributed by atoms with Gasteiger partial charge in [0.15, 0.2) is 0 Å². The van der Waals surface area contributed by atoms with Crippen molar-refractivity contribution in [3.05, 3.63) is 35.1 Å². The van der Waals surface area contributed by atoms with Crippen LogP contribution in [-0.2, 0) is 4.74 Å². The maximum atomic E-state index is 5.72. The molecule has 5 nitrogen and oxygen atoms in total. The van der Waals surface area contributed by atoms with Gasteiger partial charge in [-0.25, -0.2) is 5.10 Å². The first-order chi connectivity index (χ1) is 9.79. The SMILES string of the molecule is CCC1CN(c2n[nH]c(=S)n2-c2ccccc2)CCO1. The fraction of sp³-hybridized carbons (Fsp3) is 0.429. The molecule has 0 bridgehead atoms. The first kappa shape index (κ1) is 13.3. The van der Waals surface area contributed by atoms with Gasteiger partial charge < -0.3 is 9.64 Å². The van der Waals surface area contributed by atoms with Crippen LogP contribution in [0.1, 0.15) is 13.3 Å². The van der Waals surface area contributed by atoms with Crippen LogP contribution < -0.4 is 4.90 Å². The Labute approximate surface area is 123 Å². The fourth-order valence-corrected chi connectivity index (χ4v) is 2.69. The molecule has 1 N–H and O–H groups in total. The number of anilines is 1. The van der Waals surface area contributed by atoms with Crippen LogP contribution >= 0.6 is 12.2 Å². The fourth-order valence-electron chi connectivity index (χ4n) is 2.46. The predicted molar refractivity (Wildman–Crippen MR) is 81.0 cm³/mol. The number of H-pyrrole nitrogens is 1. The number of morpholine rings is 1. The van der Waals surface area contributed by atoms with E-state index in [2.05, 4.69) is 22.0 Å². The Kier molecular flexibility index (Phi) is 3.84. The van der Waals surface area contributed by atoms with Gasteiger partial charge in [0, 0.05) is 13.1 Å². The van der Waals surface area contributed by atoms with Gasteiger partial charge >= 0.3 is 0 Å². The lowest BCUT2D eigenvalue weighted by atomic mass is 10.2. The second-order valence-electron chi connectivity index (χ2n) is 4.85. The monoisotopic (exact) mass is 290 g/mol. The van der Waals surface area contributed by atoms with Crippen LogP contribution in [0.4, 0.5) is 5.95 Å². The summed E-state index contributed by atoms with van der Waals surface area (Å²) in [6.07, 6.45) is 1.27. The Balaban J connectivity index is 1.97. The van der Waals surface area contributed by atoms with E-state index < -0.39 is 0 Å². The van der Waals surface area contributed by atoms with Crippen molar-refractivity contribution >= 4 is 18.2 Å². The molecule has 0 radical (unpaired) electrons. The molecule has 20 heavy (non-hydrogen) atoms. The van der Waals surface area contributed by atoms with E-state index >= 15 is 0 Å². The van der Waals surface area contributed by atoms with Gasteiger partial charge in [-0.2, -0.15) is 0 Å². The van der Waals surface area contributed by atoms with E-state index in [-0.39, 0.29) is 6.10 Å². The first-order valence-electron chi connectivity index (χ1n) is 6.89. The number of aromatic nitrogens is 3. The van der Waals surface area contributed by atoms with Crippen LogP contribution in [0.25, 0.3) is 5.69 Å². The molecule has 1 atom stereocenters. The van der Waals surface area contributed by atoms with Crippen molar-refractivity contribution in [2.24, 2.45) is 0 Å². The number of para-hydroxylation sites is 1. The summed E-state index contributed by atoms with van der Waals surface area (Å²) in [4.78, 5) is 2.23. The number of hydrogen-bond donors (Lipinski definition) is 1. The van der Waals surface area contributed by atoms with E-state index in [0.29, 0.717) is 4.77 Å². The third-order valence-corrected chi connectivity index (χ3v) is 3.82. The topological polar surface area (TPSA) is 46.1 Å². The number of benzene rings is 1. The van der Waals surface area contributed by atoms with Gasteiger partial charge in [0.05, 0.1) is 18.4 Å². The molecule has 0 aliphatic carbocycles. The number of ether oxygens (including phenoxy) is 1. The summed E-state index contributed by atoms with van der Waals surface area (Å²) >= 11 is 5.37. The molecule has 0 amide bonds. The van der Waals surface area contributed by atoms with Crippen molar-refractivity contribution < 1.29 is 4.74 Å². The van der Waals surface area contributed by atoms with Crippen LogP contribution in [0.3, 0.4) is 0 Å². The molecule has 1 aliphatic rings. The first-order valence-corrected chi connectivity index (χ1v) is 7.30. The van der Waals surface area contributed by atoms with E-state index in [0.717, 1.165) is 37.8 Å². The Morgan fingerprint density at radius 2 is 2.20 bits per heavy atom. The number of hydrogen-bond acceptors (Lipinski definition) is 4. The quantitative estimate of drug-likeness (QED) is 0.883. The van der Waals surface area contributed by atoms with Gasteiger partial charge in [0.1, 0.15) is 0 Å². The lowest BCUT2D eigenvalue weighted by Gasteiger charge is -2.33. The molecule has 1 aromatic carbocycles. The zero-order chi connectivity index (χ0) is 13.9. The molecule has 1 unspecified atom stereocenters. The van der Waals surface area contributed by atoms with Gasteiger partial charge in [-0.3, -0.25) is 4.57 Å². The molecule has 1 fully saturated rings. The molecule has 1 saturated heterocycles. The summed E-state index contributed by atoms with van der Waals surface area (Å²) in [7, 11) is 0. The Morgan fingerprint density at radius 1 is 1.40 bits per heavy atom. The Morgan fingerprint density at radius 3 is 2.95 bits per heavy atom. The average molecular weight is 290 g/mol. The van der Waals surface area contributed by atoms with E-state index in [4.69, 9.17) is 17.0 Å². The lowest BCUT2D eigenvalue weighted by Crippen LogP contribution is -2.43. The minimum Gasteiger partial charge on any atom is -0.375 e. The van der Waals surface area contributed by atoms with Gasteiger partial charge in [-0.1, -0.05) is 25.1 Å². The molecule has 6 heteroatoms.